The van der Waals surface area contributed by atoms with Gasteiger partial charge in [0.25, 0.3) is 0 Å². The van der Waals surface area contributed by atoms with Gasteiger partial charge in [0.05, 0.1) is 30.5 Å². The van der Waals surface area contributed by atoms with Crippen molar-refractivity contribution in [2.45, 2.75) is 82.8 Å². The van der Waals surface area contributed by atoms with E-state index >= 15 is 0 Å². The normalized spacial score (nSPS) is 21.4. The molecule has 2 aromatic rings. The molecule has 3 saturated heterocycles. The van der Waals surface area contributed by atoms with Crippen LogP contribution in [0.5, 0.6) is 5.75 Å². The van der Waals surface area contributed by atoms with Crippen LogP contribution in [0.4, 0.5) is 23.1 Å². The number of benzene rings is 1. The quantitative estimate of drug-likeness (QED) is 0.134. The summed E-state index contributed by atoms with van der Waals surface area (Å²) in [6.45, 7) is 16.1. The minimum Gasteiger partial charge on any atom is -0.494 e. The van der Waals surface area contributed by atoms with E-state index in [-0.39, 0.29) is 17.9 Å². The summed E-state index contributed by atoms with van der Waals surface area (Å²) in [5, 5.41) is 7.05. The number of aromatic nitrogens is 2. The Bertz CT molecular complexity index is 1390. The molecule has 49 heavy (non-hydrogen) atoms. The predicted octanol–water partition coefficient (Wildman–Crippen LogP) is 5.57. The summed E-state index contributed by atoms with van der Waals surface area (Å²) < 4.78 is 25.9. The van der Waals surface area contributed by atoms with E-state index in [1.54, 1.807) is 13.3 Å². The highest BCUT2D eigenvalue weighted by Crippen LogP contribution is 2.46. The van der Waals surface area contributed by atoms with Gasteiger partial charge in [0, 0.05) is 82.1 Å². The van der Waals surface area contributed by atoms with Gasteiger partial charge < -0.3 is 34.5 Å². The first-order valence-corrected chi connectivity index (χ1v) is 21.6. The fraction of sp³-hybridized carbons (Fsp3) is 0.714. The van der Waals surface area contributed by atoms with Crippen LogP contribution in [-0.4, -0.2) is 124 Å². The number of likely N-dealkylation sites (N-methyl/N-ethyl adjacent to an activating group) is 1. The predicted molar refractivity (Wildman–Crippen MR) is 205 cm³/mol. The Morgan fingerprint density at radius 3 is 2.47 bits per heavy atom. The van der Waals surface area contributed by atoms with Gasteiger partial charge in [-0.05, 0) is 92.9 Å². The SMILES string of the molecule is CCc1cc(Nc2ncc(Br)c(NC(CNNC3CCCCO3)C(CC)P(C)(C)=O)n2)c(OC)cc1N1CCC(N2CCN(C)CC2)CC1. The van der Waals surface area contributed by atoms with Crippen molar-refractivity contribution in [2.75, 3.05) is 95.4 Å². The minimum atomic E-state index is -2.43. The van der Waals surface area contributed by atoms with E-state index in [0.717, 1.165) is 80.8 Å². The third-order valence-corrected chi connectivity index (χ3v) is 13.3. The molecule has 0 aliphatic carbocycles. The molecule has 0 spiro atoms. The molecule has 0 saturated carbocycles. The molecule has 3 aliphatic rings. The number of methoxy groups -OCH3 is 1. The Balaban J connectivity index is 1.29. The fourth-order valence-corrected chi connectivity index (χ4v) is 9.75. The topological polar surface area (TPSA) is 119 Å². The van der Waals surface area contributed by atoms with Gasteiger partial charge in [0.15, 0.2) is 0 Å². The van der Waals surface area contributed by atoms with Crippen LogP contribution in [-0.2, 0) is 15.7 Å². The molecular weight excluding hydrogens is 705 g/mol. The van der Waals surface area contributed by atoms with E-state index in [1.165, 1.54) is 37.2 Å². The first-order chi connectivity index (χ1) is 23.6. The van der Waals surface area contributed by atoms with Crippen molar-refractivity contribution in [1.29, 1.82) is 0 Å². The van der Waals surface area contributed by atoms with Gasteiger partial charge in [-0.1, -0.05) is 13.8 Å². The second kappa shape index (κ2) is 18.0. The van der Waals surface area contributed by atoms with Crippen molar-refractivity contribution in [3.05, 3.63) is 28.4 Å². The zero-order valence-electron chi connectivity index (χ0n) is 30.4. The average molecular weight is 765 g/mol. The van der Waals surface area contributed by atoms with Crippen molar-refractivity contribution < 1.29 is 14.0 Å². The molecular formula is C35H59BrN9O3P. The molecule has 3 fully saturated rings. The molecule has 1 aromatic heterocycles. The number of hydrogen-bond donors (Lipinski definition) is 4. The maximum Gasteiger partial charge on any atom is 0.229 e. The zero-order valence-corrected chi connectivity index (χ0v) is 32.9. The van der Waals surface area contributed by atoms with Crippen molar-refractivity contribution >= 4 is 46.2 Å². The van der Waals surface area contributed by atoms with E-state index in [0.29, 0.717) is 24.4 Å². The molecule has 3 unspecified atom stereocenters. The standard InChI is InChI=1S/C35H59BrN9O3P/c1-7-25-21-28(31(47-4)22-30(25)45-14-12-26(13-15-45)44-18-16-43(3)17-19-44)40-35-37-23-27(36)34(41-35)39-29(32(8-2)49(5,6)46)24-38-42-33-11-9-10-20-48-33/h21-23,26,29,32-33,38,42H,7-20,24H2,1-6H3,(H2,37,39,40,41). The number of piperazine rings is 1. The van der Waals surface area contributed by atoms with Crippen LogP contribution in [0.3, 0.4) is 0 Å². The summed E-state index contributed by atoms with van der Waals surface area (Å²) in [4.78, 5) is 17.1. The van der Waals surface area contributed by atoms with Gasteiger partial charge in [-0.2, -0.15) is 4.98 Å². The van der Waals surface area contributed by atoms with E-state index in [2.05, 4.69) is 90.1 Å². The molecule has 4 N–H and O–H groups in total. The van der Waals surface area contributed by atoms with Gasteiger partial charge in [0.1, 0.15) is 17.8 Å². The lowest BCUT2D eigenvalue weighted by atomic mass is 9.99. The lowest BCUT2D eigenvalue weighted by Gasteiger charge is -2.43. The Kier molecular flexibility index (Phi) is 14.0. The van der Waals surface area contributed by atoms with Crippen molar-refractivity contribution in [3.8, 4) is 5.75 Å². The Hall–Kier alpha value is -1.99. The second-order valence-electron chi connectivity index (χ2n) is 14.1. The molecule has 3 aliphatic heterocycles. The highest BCUT2D eigenvalue weighted by atomic mass is 79.9. The van der Waals surface area contributed by atoms with Gasteiger partial charge >= 0.3 is 0 Å². The molecule has 5 rings (SSSR count). The maximum atomic E-state index is 13.4. The number of piperidine rings is 1. The summed E-state index contributed by atoms with van der Waals surface area (Å²) in [6, 6.07) is 4.87. The summed E-state index contributed by atoms with van der Waals surface area (Å²) in [6.07, 6.45) is 8.98. The molecule has 0 amide bonds. The van der Waals surface area contributed by atoms with Crippen molar-refractivity contribution in [3.63, 3.8) is 0 Å². The summed E-state index contributed by atoms with van der Waals surface area (Å²) >= 11 is 3.66. The number of anilines is 4. The van der Waals surface area contributed by atoms with E-state index in [9.17, 15) is 4.57 Å². The molecule has 3 atom stereocenters. The Morgan fingerprint density at radius 2 is 1.84 bits per heavy atom. The van der Waals surface area contributed by atoms with Crippen molar-refractivity contribution in [1.82, 2.24) is 30.6 Å². The molecule has 0 radical (unpaired) electrons. The number of nitrogens with one attached hydrogen (secondary N) is 4. The zero-order chi connectivity index (χ0) is 35.0. The van der Waals surface area contributed by atoms with E-state index in [4.69, 9.17) is 14.5 Å². The third kappa shape index (κ3) is 10.3. The van der Waals surface area contributed by atoms with Crippen LogP contribution in [0.1, 0.15) is 57.9 Å². The maximum absolute atomic E-state index is 13.4. The monoisotopic (exact) mass is 763 g/mol. The highest BCUT2D eigenvalue weighted by Gasteiger charge is 2.32. The molecule has 14 heteroatoms. The van der Waals surface area contributed by atoms with Crippen molar-refractivity contribution in [2.24, 2.45) is 0 Å². The number of hydrogen-bond acceptors (Lipinski definition) is 12. The molecule has 0 bridgehead atoms. The largest absolute Gasteiger partial charge is 0.494 e. The van der Waals surface area contributed by atoms with Gasteiger partial charge in [0.2, 0.25) is 5.95 Å². The van der Waals surface area contributed by atoms with Gasteiger partial charge in [-0.3, -0.25) is 10.3 Å². The Morgan fingerprint density at radius 1 is 1.08 bits per heavy atom. The lowest BCUT2D eigenvalue weighted by molar-refractivity contribution is -0.0144. The summed E-state index contributed by atoms with van der Waals surface area (Å²) in [5.74, 6) is 1.85. The Labute approximate surface area is 302 Å². The van der Waals surface area contributed by atoms with Crippen LogP contribution < -0.4 is 31.1 Å². The van der Waals surface area contributed by atoms with Crippen LogP contribution in [0.15, 0.2) is 22.8 Å². The molecule has 274 valence electrons. The first kappa shape index (κ1) is 38.2. The average Bonchev–Trinajstić information content (AvgIpc) is 3.10. The van der Waals surface area contributed by atoms with E-state index < -0.39 is 7.14 Å². The van der Waals surface area contributed by atoms with Crippen LogP contribution in [0.25, 0.3) is 0 Å². The van der Waals surface area contributed by atoms with Gasteiger partial charge in [-0.15, -0.1) is 0 Å². The summed E-state index contributed by atoms with van der Waals surface area (Å²) in [5.41, 5.74) is 9.97. The molecule has 12 nitrogen and oxygen atoms in total. The number of nitrogens with zero attached hydrogens (tertiary/aromatic N) is 5. The minimum absolute atomic E-state index is 0.0191. The van der Waals surface area contributed by atoms with Crippen LogP contribution >= 0.6 is 23.1 Å². The number of ether oxygens (including phenoxy) is 2. The summed E-state index contributed by atoms with van der Waals surface area (Å²) in [7, 11) is 1.50. The fourth-order valence-electron chi connectivity index (χ4n) is 7.52. The number of halogens is 1. The van der Waals surface area contributed by atoms with Crippen LogP contribution in [0.2, 0.25) is 0 Å². The highest BCUT2D eigenvalue weighted by molar-refractivity contribution is 9.10. The third-order valence-electron chi connectivity index (χ3n) is 10.4. The second-order valence-corrected chi connectivity index (χ2v) is 18.5. The van der Waals surface area contributed by atoms with Gasteiger partial charge in [-0.25, -0.2) is 10.4 Å². The smallest absolute Gasteiger partial charge is 0.229 e. The number of hydrazine groups is 1. The first-order valence-electron chi connectivity index (χ1n) is 18.2. The molecule has 1 aromatic carbocycles. The van der Waals surface area contributed by atoms with Crippen LogP contribution in [0, 0.1) is 0 Å². The van der Waals surface area contributed by atoms with E-state index in [1.807, 2.05) is 13.3 Å². The molecule has 4 heterocycles. The lowest BCUT2D eigenvalue weighted by Crippen LogP contribution is -2.52. The number of rotatable bonds is 15. The number of aryl methyl sites for hydroxylation is 1.